The highest BCUT2D eigenvalue weighted by Crippen LogP contribution is 2.29. The maximum Gasteiger partial charge on any atom is 0.239 e. The molecule has 6 nitrogen and oxygen atoms in total. The van der Waals surface area contributed by atoms with Crippen molar-refractivity contribution in [3.8, 4) is 11.4 Å². The second-order valence-electron chi connectivity index (χ2n) is 6.23. The van der Waals surface area contributed by atoms with Crippen LogP contribution in [0.5, 0.6) is 0 Å². The lowest BCUT2D eigenvalue weighted by molar-refractivity contribution is -0.119. The number of methoxy groups -OCH3 is 1. The highest BCUT2D eigenvalue weighted by Gasteiger charge is 2.19. The number of carbonyl (C=O) groups excluding carboxylic acids is 1. The molecule has 2 aromatic rings. The van der Waals surface area contributed by atoms with Crippen molar-refractivity contribution in [2.45, 2.75) is 25.7 Å². The molecule has 0 saturated carbocycles. The molecule has 1 aliphatic rings. The van der Waals surface area contributed by atoms with Gasteiger partial charge in [-0.05, 0) is 37.8 Å². The molecular formula is C19H23ClN4O2. The summed E-state index contributed by atoms with van der Waals surface area (Å²) in [5.41, 5.74) is 3.05. The molecular weight excluding hydrogens is 352 g/mol. The molecule has 1 aliphatic carbocycles. The van der Waals surface area contributed by atoms with Crippen molar-refractivity contribution in [2.24, 2.45) is 0 Å². The first-order chi connectivity index (χ1) is 12.7. The van der Waals surface area contributed by atoms with Gasteiger partial charge < -0.3 is 15.4 Å². The third kappa shape index (κ3) is 4.71. The highest BCUT2D eigenvalue weighted by molar-refractivity contribution is 6.30. The van der Waals surface area contributed by atoms with Crippen LogP contribution >= 0.6 is 11.6 Å². The molecule has 0 bridgehead atoms. The van der Waals surface area contributed by atoms with Gasteiger partial charge in [0.1, 0.15) is 5.82 Å². The number of rotatable bonds is 7. The highest BCUT2D eigenvalue weighted by atomic mass is 35.5. The van der Waals surface area contributed by atoms with Crippen LogP contribution in [0.15, 0.2) is 24.3 Å². The van der Waals surface area contributed by atoms with E-state index in [0.717, 1.165) is 48.3 Å². The summed E-state index contributed by atoms with van der Waals surface area (Å²) in [5, 5.41) is 6.64. The molecule has 1 aromatic carbocycles. The zero-order chi connectivity index (χ0) is 18.4. The Morgan fingerprint density at radius 2 is 2.12 bits per heavy atom. The van der Waals surface area contributed by atoms with E-state index in [1.165, 1.54) is 0 Å². The summed E-state index contributed by atoms with van der Waals surface area (Å²) < 4.78 is 4.94. The Kier molecular flexibility index (Phi) is 6.41. The number of hydrogen-bond acceptors (Lipinski definition) is 5. The van der Waals surface area contributed by atoms with E-state index in [0.29, 0.717) is 24.0 Å². The number of nitrogens with zero attached hydrogens (tertiary/aromatic N) is 2. The Morgan fingerprint density at radius 1 is 1.27 bits per heavy atom. The SMILES string of the molecule is COCCNC(=O)CNc1nc(-c2cccc(Cl)c2)nc2c1CCCC2. The number of ether oxygens (including phenoxy) is 1. The number of hydrogen-bond donors (Lipinski definition) is 2. The van der Waals surface area contributed by atoms with Gasteiger partial charge in [0.05, 0.1) is 13.2 Å². The second kappa shape index (κ2) is 8.96. The Labute approximate surface area is 158 Å². The van der Waals surface area contributed by atoms with E-state index >= 15 is 0 Å². The molecule has 138 valence electrons. The molecule has 0 radical (unpaired) electrons. The van der Waals surface area contributed by atoms with E-state index in [4.69, 9.17) is 21.3 Å². The fourth-order valence-corrected chi connectivity index (χ4v) is 3.21. The third-order valence-electron chi connectivity index (χ3n) is 4.31. The molecule has 0 saturated heterocycles. The lowest BCUT2D eigenvalue weighted by Gasteiger charge is -2.20. The molecule has 0 fully saturated rings. The van der Waals surface area contributed by atoms with Crippen molar-refractivity contribution in [1.29, 1.82) is 0 Å². The topological polar surface area (TPSA) is 76.1 Å². The number of aryl methyl sites for hydroxylation is 1. The number of fused-ring (bicyclic) bond motifs is 1. The van der Waals surface area contributed by atoms with Gasteiger partial charge in [0.15, 0.2) is 5.82 Å². The van der Waals surface area contributed by atoms with Gasteiger partial charge in [-0.1, -0.05) is 23.7 Å². The number of benzene rings is 1. The quantitative estimate of drug-likeness (QED) is 0.729. The zero-order valence-electron chi connectivity index (χ0n) is 14.8. The summed E-state index contributed by atoms with van der Waals surface area (Å²) >= 11 is 6.11. The predicted molar refractivity (Wildman–Crippen MR) is 102 cm³/mol. The van der Waals surface area contributed by atoms with Crippen LogP contribution in [0.3, 0.4) is 0 Å². The summed E-state index contributed by atoms with van der Waals surface area (Å²) in [7, 11) is 1.61. The van der Waals surface area contributed by atoms with Crippen molar-refractivity contribution < 1.29 is 9.53 Å². The first kappa shape index (κ1) is 18.6. The summed E-state index contributed by atoms with van der Waals surface area (Å²) in [4.78, 5) is 21.4. The monoisotopic (exact) mass is 374 g/mol. The Bertz CT molecular complexity index is 782. The van der Waals surface area contributed by atoms with Crippen molar-refractivity contribution in [1.82, 2.24) is 15.3 Å². The van der Waals surface area contributed by atoms with Gasteiger partial charge in [-0.25, -0.2) is 9.97 Å². The summed E-state index contributed by atoms with van der Waals surface area (Å²) in [6.45, 7) is 1.16. The van der Waals surface area contributed by atoms with Crippen LogP contribution in [0.2, 0.25) is 5.02 Å². The summed E-state index contributed by atoms with van der Waals surface area (Å²) in [6.07, 6.45) is 4.09. The van der Waals surface area contributed by atoms with Crippen molar-refractivity contribution in [2.75, 3.05) is 32.1 Å². The Hall–Kier alpha value is -2.18. The molecule has 2 N–H and O–H groups in total. The van der Waals surface area contributed by atoms with Gasteiger partial charge >= 0.3 is 0 Å². The van der Waals surface area contributed by atoms with Gasteiger partial charge in [-0.3, -0.25) is 4.79 Å². The molecule has 3 rings (SSSR count). The fourth-order valence-electron chi connectivity index (χ4n) is 3.02. The molecule has 0 aliphatic heterocycles. The fraction of sp³-hybridized carbons (Fsp3) is 0.421. The molecule has 26 heavy (non-hydrogen) atoms. The van der Waals surface area contributed by atoms with Crippen LogP contribution < -0.4 is 10.6 Å². The van der Waals surface area contributed by atoms with Crippen molar-refractivity contribution in [3.63, 3.8) is 0 Å². The zero-order valence-corrected chi connectivity index (χ0v) is 15.6. The van der Waals surface area contributed by atoms with Gasteiger partial charge in [0.2, 0.25) is 5.91 Å². The first-order valence-corrected chi connectivity index (χ1v) is 9.20. The van der Waals surface area contributed by atoms with E-state index in [2.05, 4.69) is 15.6 Å². The minimum Gasteiger partial charge on any atom is -0.383 e. The first-order valence-electron chi connectivity index (χ1n) is 8.82. The smallest absolute Gasteiger partial charge is 0.239 e. The summed E-state index contributed by atoms with van der Waals surface area (Å²) in [6, 6.07) is 7.51. The second-order valence-corrected chi connectivity index (χ2v) is 6.67. The van der Waals surface area contributed by atoms with E-state index in [1.807, 2.05) is 24.3 Å². The standard InChI is InChI=1S/C19H23ClN4O2/c1-26-10-9-21-17(25)12-22-19-15-7-2-3-8-16(15)23-18(24-19)13-5-4-6-14(20)11-13/h4-6,11H,2-3,7-10,12H2,1H3,(H,21,25)(H,22,23,24). The molecule has 1 heterocycles. The largest absolute Gasteiger partial charge is 0.383 e. The number of carbonyl (C=O) groups is 1. The van der Waals surface area contributed by atoms with Crippen LogP contribution in [-0.2, 0) is 22.4 Å². The average molecular weight is 375 g/mol. The van der Waals surface area contributed by atoms with Crippen LogP contribution in [0, 0.1) is 0 Å². The van der Waals surface area contributed by atoms with Crippen LogP contribution in [-0.4, -0.2) is 42.7 Å². The van der Waals surface area contributed by atoms with Gasteiger partial charge in [-0.15, -0.1) is 0 Å². The van der Waals surface area contributed by atoms with Gasteiger partial charge in [-0.2, -0.15) is 0 Å². The molecule has 0 spiro atoms. The maximum absolute atomic E-state index is 12.0. The number of nitrogens with one attached hydrogen (secondary N) is 2. The molecule has 7 heteroatoms. The third-order valence-corrected chi connectivity index (χ3v) is 4.55. The number of anilines is 1. The minimum atomic E-state index is -0.0884. The van der Waals surface area contributed by atoms with E-state index in [9.17, 15) is 4.79 Å². The van der Waals surface area contributed by atoms with E-state index in [-0.39, 0.29) is 12.5 Å². The van der Waals surface area contributed by atoms with Crippen molar-refractivity contribution >= 4 is 23.3 Å². The van der Waals surface area contributed by atoms with E-state index < -0.39 is 0 Å². The Morgan fingerprint density at radius 3 is 2.92 bits per heavy atom. The molecule has 0 atom stereocenters. The lowest BCUT2D eigenvalue weighted by atomic mass is 9.96. The van der Waals surface area contributed by atoms with Crippen LogP contribution in [0.4, 0.5) is 5.82 Å². The predicted octanol–water partition coefficient (Wildman–Crippen LogP) is 2.85. The molecule has 1 amide bonds. The normalized spacial score (nSPS) is 13.2. The Balaban J connectivity index is 1.81. The van der Waals surface area contributed by atoms with Crippen LogP contribution in [0.1, 0.15) is 24.1 Å². The lowest BCUT2D eigenvalue weighted by Crippen LogP contribution is -2.32. The molecule has 0 unspecified atom stereocenters. The number of aromatic nitrogens is 2. The maximum atomic E-state index is 12.0. The van der Waals surface area contributed by atoms with E-state index in [1.54, 1.807) is 7.11 Å². The number of halogens is 1. The molecule has 1 aromatic heterocycles. The van der Waals surface area contributed by atoms with Gasteiger partial charge in [0.25, 0.3) is 0 Å². The van der Waals surface area contributed by atoms with Crippen molar-refractivity contribution in [3.05, 3.63) is 40.5 Å². The average Bonchev–Trinajstić information content (AvgIpc) is 2.66. The van der Waals surface area contributed by atoms with Crippen LogP contribution in [0.25, 0.3) is 11.4 Å². The minimum absolute atomic E-state index is 0.0884. The number of amides is 1. The summed E-state index contributed by atoms with van der Waals surface area (Å²) in [5.74, 6) is 1.29. The van der Waals surface area contributed by atoms with Gasteiger partial charge in [0, 0.05) is 35.5 Å².